The van der Waals surface area contributed by atoms with E-state index in [4.69, 9.17) is 17.3 Å². The normalized spacial score (nSPS) is 14.2. The highest BCUT2D eigenvalue weighted by molar-refractivity contribution is 6.31. The van der Waals surface area contributed by atoms with Crippen LogP contribution >= 0.6 is 11.6 Å². The fraction of sp³-hybridized carbons (Fsp3) is 0.294. The van der Waals surface area contributed by atoms with Crippen molar-refractivity contribution in [1.29, 1.82) is 0 Å². The van der Waals surface area contributed by atoms with Crippen molar-refractivity contribution in [2.24, 2.45) is 5.73 Å². The molecule has 0 saturated heterocycles. The van der Waals surface area contributed by atoms with E-state index in [-0.39, 0.29) is 0 Å². The zero-order chi connectivity index (χ0) is 14.0. The number of benzene rings is 2. The molecular weight excluding hydrogens is 254 g/mol. The van der Waals surface area contributed by atoms with E-state index in [1.165, 1.54) is 11.1 Å². The second-order valence-electron chi connectivity index (χ2n) is 5.56. The lowest BCUT2D eigenvalue weighted by atomic mass is 9.86. The second-order valence-corrected chi connectivity index (χ2v) is 5.96. The van der Waals surface area contributed by atoms with Gasteiger partial charge in [-0.05, 0) is 49.9 Å². The van der Waals surface area contributed by atoms with Crippen LogP contribution in [0.5, 0.6) is 0 Å². The maximum atomic E-state index is 6.47. The molecule has 0 spiro atoms. The molecule has 0 aromatic heterocycles. The number of halogens is 1. The maximum Gasteiger partial charge on any atom is 0.0441 e. The van der Waals surface area contributed by atoms with Crippen molar-refractivity contribution in [3.8, 4) is 0 Å². The third kappa shape index (κ3) is 3.37. The van der Waals surface area contributed by atoms with Crippen molar-refractivity contribution >= 4 is 11.6 Å². The standard InChI is InChI=1S/C17H20ClN/c1-12-5-8-15(9-6-12)17(3,19)11-14-7-4-13(2)10-16(14)18/h4-10H,11,19H2,1-3H3. The van der Waals surface area contributed by atoms with Gasteiger partial charge in [-0.15, -0.1) is 0 Å². The van der Waals surface area contributed by atoms with Crippen molar-refractivity contribution in [3.63, 3.8) is 0 Å². The SMILES string of the molecule is Cc1ccc(C(C)(N)Cc2ccc(C)cc2Cl)cc1. The Morgan fingerprint density at radius 3 is 2.16 bits per heavy atom. The Labute approximate surface area is 120 Å². The van der Waals surface area contributed by atoms with Crippen LogP contribution in [0.1, 0.15) is 29.2 Å². The number of rotatable bonds is 3. The zero-order valence-electron chi connectivity index (χ0n) is 11.7. The largest absolute Gasteiger partial charge is 0.321 e. The second kappa shape index (κ2) is 5.36. The molecule has 0 fully saturated rings. The summed E-state index contributed by atoms with van der Waals surface area (Å²) in [5, 5.41) is 0.795. The van der Waals surface area contributed by atoms with E-state index < -0.39 is 5.54 Å². The topological polar surface area (TPSA) is 26.0 Å². The Morgan fingerprint density at radius 2 is 1.58 bits per heavy atom. The molecule has 1 atom stereocenters. The monoisotopic (exact) mass is 273 g/mol. The first-order valence-electron chi connectivity index (χ1n) is 6.49. The third-order valence-electron chi connectivity index (χ3n) is 3.48. The van der Waals surface area contributed by atoms with Crippen molar-refractivity contribution in [2.75, 3.05) is 0 Å². The van der Waals surface area contributed by atoms with Gasteiger partial charge in [0, 0.05) is 10.6 Å². The molecule has 2 heteroatoms. The van der Waals surface area contributed by atoms with Crippen LogP contribution in [0.15, 0.2) is 42.5 Å². The Morgan fingerprint density at radius 1 is 1.00 bits per heavy atom. The summed E-state index contributed by atoms with van der Waals surface area (Å²) in [6.45, 7) is 6.17. The van der Waals surface area contributed by atoms with Gasteiger partial charge in [-0.3, -0.25) is 0 Å². The molecular formula is C17H20ClN. The molecule has 100 valence electrons. The molecule has 2 rings (SSSR count). The Bertz CT molecular complexity index is 570. The van der Waals surface area contributed by atoms with E-state index in [0.717, 1.165) is 22.6 Å². The molecule has 2 aromatic carbocycles. The predicted molar refractivity (Wildman–Crippen MR) is 82.6 cm³/mol. The lowest BCUT2D eigenvalue weighted by Crippen LogP contribution is -2.35. The van der Waals surface area contributed by atoms with Crippen LogP contribution in [-0.4, -0.2) is 0 Å². The first kappa shape index (κ1) is 14.1. The third-order valence-corrected chi connectivity index (χ3v) is 3.83. The molecule has 0 saturated carbocycles. The summed E-state index contributed by atoms with van der Waals surface area (Å²) in [6, 6.07) is 14.5. The van der Waals surface area contributed by atoms with E-state index in [0.29, 0.717) is 0 Å². The molecule has 0 heterocycles. The molecule has 1 nitrogen and oxygen atoms in total. The van der Waals surface area contributed by atoms with Crippen LogP contribution < -0.4 is 5.73 Å². The first-order valence-corrected chi connectivity index (χ1v) is 6.87. The Hall–Kier alpha value is -1.31. The Kier molecular flexibility index (Phi) is 3.98. The van der Waals surface area contributed by atoms with Gasteiger partial charge in [0.1, 0.15) is 0 Å². The van der Waals surface area contributed by atoms with Gasteiger partial charge in [-0.2, -0.15) is 0 Å². The van der Waals surface area contributed by atoms with Gasteiger partial charge >= 0.3 is 0 Å². The van der Waals surface area contributed by atoms with Crippen LogP contribution in [0, 0.1) is 13.8 Å². The molecule has 0 aliphatic heterocycles. The summed E-state index contributed by atoms with van der Waals surface area (Å²) < 4.78 is 0. The summed E-state index contributed by atoms with van der Waals surface area (Å²) in [6.07, 6.45) is 0.731. The smallest absolute Gasteiger partial charge is 0.0441 e. The van der Waals surface area contributed by atoms with E-state index in [9.17, 15) is 0 Å². The van der Waals surface area contributed by atoms with Crippen molar-refractivity contribution in [3.05, 3.63) is 69.7 Å². The molecule has 0 radical (unpaired) electrons. The van der Waals surface area contributed by atoms with E-state index in [1.54, 1.807) is 0 Å². The van der Waals surface area contributed by atoms with Crippen LogP contribution in [0.4, 0.5) is 0 Å². The summed E-state index contributed by atoms with van der Waals surface area (Å²) in [4.78, 5) is 0. The lowest BCUT2D eigenvalue weighted by molar-refractivity contribution is 0.491. The molecule has 1 unspecified atom stereocenters. The van der Waals surface area contributed by atoms with Gasteiger partial charge < -0.3 is 5.73 Å². The highest BCUT2D eigenvalue weighted by Crippen LogP contribution is 2.27. The summed E-state index contributed by atoms with van der Waals surface area (Å²) >= 11 is 6.29. The minimum atomic E-state index is -0.410. The van der Waals surface area contributed by atoms with Gasteiger partial charge in [0.2, 0.25) is 0 Å². The van der Waals surface area contributed by atoms with Crippen LogP contribution in [-0.2, 0) is 12.0 Å². The minimum absolute atomic E-state index is 0.410. The molecule has 0 aliphatic carbocycles. The minimum Gasteiger partial charge on any atom is -0.321 e. The molecule has 0 amide bonds. The number of nitrogens with two attached hydrogens (primary N) is 1. The van der Waals surface area contributed by atoms with Crippen LogP contribution in [0.25, 0.3) is 0 Å². The molecule has 2 N–H and O–H groups in total. The van der Waals surface area contributed by atoms with Gasteiger partial charge in [0.15, 0.2) is 0 Å². The average Bonchev–Trinajstić information content (AvgIpc) is 2.33. The summed E-state index contributed by atoms with van der Waals surface area (Å²) in [5.74, 6) is 0. The average molecular weight is 274 g/mol. The van der Waals surface area contributed by atoms with Gasteiger partial charge in [-0.1, -0.05) is 53.6 Å². The fourth-order valence-corrected chi connectivity index (χ4v) is 2.53. The van der Waals surface area contributed by atoms with Crippen molar-refractivity contribution < 1.29 is 0 Å². The quantitative estimate of drug-likeness (QED) is 0.883. The Balaban J connectivity index is 2.27. The zero-order valence-corrected chi connectivity index (χ0v) is 12.5. The van der Waals surface area contributed by atoms with Crippen LogP contribution in [0.2, 0.25) is 5.02 Å². The van der Waals surface area contributed by atoms with Crippen molar-refractivity contribution in [1.82, 2.24) is 0 Å². The van der Waals surface area contributed by atoms with Gasteiger partial charge in [0.05, 0.1) is 0 Å². The highest BCUT2D eigenvalue weighted by atomic mass is 35.5. The number of aryl methyl sites for hydroxylation is 2. The maximum absolute atomic E-state index is 6.47. The summed E-state index contributed by atoms with van der Waals surface area (Å²) in [7, 11) is 0. The van der Waals surface area contributed by atoms with Crippen LogP contribution in [0.3, 0.4) is 0 Å². The number of hydrogen-bond donors (Lipinski definition) is 1. The number of hydrogen-bond acceptors (Lipinski definition) is 1. The highest BCUT2D eigenvalue weighted by Gasteiger charge is 2.22. The summed E-state index contributed by atoms with van der Waals surface area (Å²) in [5.41, 5.74) is 10.7. The molecule has 2 aromatic rings. The lowest BCUT2D eigenvalue weighted by Gasteiger charge is -2.26. The first-order chi connectivity index (χ1) is 8.88. The molecule has 0 bridgehead atoms. The van der Waals surface area contributed by atoms with Gasteiger partial charge in [-0.25, -0.2) is 0 Å². The van der Waals surface area contributed by atoms with Gasteiger partial charge in [0.25, 0.3) is 0 Å². The predicted octanol–water partition coefficient (Wildman–Crippen LogP) is 4.37. The molecule has 19 heavy (non-hydrogen) atoms. The van der Waals surface area contributed by atoms with E-state index in [1.807, 2.05) is 19.9 Å². The molecule has 0 aliphatic rings. The van der Waals surface area contributed by atoms with E-state index >= 15 is 0 Å². The van der Waals surface area contributed by atoms with Crippen molar-refractivity contribution in [2.45, 2.75) is 32.7 Å². The van der Waals surface area contributed by atoms with E-state index in [2.05, 4.69) is 43.3 Å². The fourth-order valence-electron chi connectivity index (χ4n) is 2.23.